The minimum Gasteiger partial charge on any atom is -0.481 e. The fourth-order valence-electron chi connectivity index (χ4n) is 2.49. The van der Waals surface area contributed by atoms with E-state index in [-0.39, 0.29) is 12.8 Å². The highest BCUT2D eigenvalue weighted by Crippen LogP contribution is 2.04. The van der Waals surface area contributed by atoms with Crippen LogP contribution in [-0.2, 0) is 24.0 Å². The van der Waals surface area contributed by atoms with Gasteiger partial charge in [0.15, 0.2) is 0 Å². The molecule has 3 unspecified atom stereocenters. The van der Waals surface area contributed by atoms with E-state index in [0.29, 0.717) is 25.1 Å². The lowest BCUT2D eigenvalue weighted by atomic mass is 10.1. The number of carboxylic acids is 2. The number of hydrogen-bond acceptors (Lipinski definition) is 8. The molecule has 0 aromatic rings. The van der Waals surface area contributed by atoms with Crippen molar-refractivity contribution in [2.45, 2.75) is 56.7 Å². The standard InChI is InChI=1S/C18H33N5O7S/c1-31-9-7-13(18(29)30)23-17(28)12(5-6-15(25)26)22-14(24)10-21-16(27)11(20)4-2-3-8-19/h11-13H,2-10,19-20H2,1H3,(H,21,27)(H,22,24)(H,23,28)(H,25,26)(H,29,30). The van der Waals surface area contributed by atoms with Crippen molar-refractivity contribution in [3.05, 3.63) is 0 Å². The molecule has 0 aromatic carbocycles. The Morgan fingerprint density at radius 2 is 1.61 bits per heavy atom. The van der Waals surface area contributed by atoms with Gasteiger partial charge in [-0.25, -0.2) is 4.79 Å². The second-order valence-electron chi connectivity index (χ2n) is 6.84. The van der Waals surface area contributed by atoms with Gasteiger partial charge in [0, 0.05) is 6.42 Å². The maximum Gasteiger partial charge on any atom is 0.326 e. The molecule has 3 atom stereocenters. The molecule has 0 fully saturated rings. The number of aliphatic carboxylic acids is 2. The average molecular weight is 464 g/mol. The molecule has 0 saturated carbocycles. The van der Waals surface area contributed by atoms with Crippen molar-refractivity contribution in [1.82, 2.24) is 16.0 Å². The van der Waals surface area contributed by atoms with Gasteiger partial charge in [0.2, 0.25) is 17.7 Å². The lowest BCUT2D eigenvalue weighted by molar-refractivity contribution is -0.143. The Labute approximate surface area is 185 Å². The number of carboxylic acid groups (broad SMARTS) is 2. The Kier molecular flexibility index (Phi) is 15.1. The van der Waals surface area contributed by atoms with Crippen LogP contribution < -0.4 is 27.4 Å². The zero-order valence-corrected chi connectivity index (χ0v) is 18.4. The molecule has 0 rings (SSSR count). The summed E-state index contributed by atoms with van der Waals surface area (Å²) in [7, 11) is 0. The topological polar surface area (TPSA) is 214 Å². The zero-order chi connectivity index (χ0) is 23.8. The lowest BCUT2D eigenvalue weighted by Crippen LogP contribution is -2.54. The SMILES string of the molecule is CSCCC(NC(=O)C(CCC(=O)O)NC(=O)CNC(=O)C(N)CCCCN)C(=O)O. The third-order valence-corrected chi connectivity index (χ3v) is 4.90. The molecule has 31 heavy (non-hydrogen) atoms. The predicted molar refractivity (Wildman–Crippen MR) is 115 cm³/mol. The number of carbonyl (C=O) groups excluding carboxylic acids is 3. The van der Waals surface area contributed by atoms with Gasteiger partial charge in [-0.2, -0.15) is 11.8 Å². The van der Waals surface area contributed by atoms with Gasteiger partial charge < -0.3 is 37.6 Å². The van der Waals surface area contributed by atoms with Crippen LogP contribution >= 0.6 is 11.8 Å². The van der Waals surface area contributed by atoms with E-state index in [2.05, 4.69) is 16.0 Å². The lowest BCUT2D eigenvalue weighted by Gasteiger charge is -2.21. The van der Waals surface area contributed by atoms with Gasteiger partial charge in [0.1, 0.15) is 12.1 Å². The molecule has 0 aliphatic carbocycles. The van der Waals surface area contributed by atoms with Crippen LogP contribution in [0.4, 0.5) is 0 Å². The molecule has 9 N–H and O–H groups in total. The second-order valence-corrected chi connectivity index (χ2v) is 7.83. The highest BCUT2D eigenvalue weighted by atomic mass is 32.2. The molecule has 0 radical (unpaired) electrons. The normalized spacial score (nSPS) is 13.5. The molecule has 12 nitrogen and oxygen atoms in total. The molecule has 3 amide bonds. The molecule has 0 bridgehead atoms. The van der Waals surface area contributed by atoms with Crippen LogP contribution in [0.15, 0.2) is 0 Å². The summed E-state index contributed by atoms with van der Waals surface area (Å²) in [4.78, 5) is 58.7. The summed E-state index contributed by atoms with van der Waals surface area (Å²) in [5.74, 6) is -4.01. The third kappa shape index (κ3) is 13.5. The number of amides is 3. The first-order chi connectivity index (χ1) is 14.6. The fourth-order valence-corrected chi connectivity index (χ4v) is 2.96. The largest absolute Gasteiger partial charge is 0.481 e. The Bertz CT molecular complexity index is 620. The van der Waals surface area contributed by atoms with Crippen LogP contribution in [0, 0.1) is 0 Å². The minimum atomic E-state index is -1.27. The summed E-state index contributed by atoms with van der Waals surface area (Å²) >= 11 is 1.41. The number of nitrogens with one attached hydrogen (secondary N) is 3. The molecule has 0 heterocycles. The van der Waals surface area contributed by atoms with Gasteiger partial charge in [-0.05, 0) is 44.2 Å². The predicted octanol–water partition coefficient (Wildman–Crippen LogP) is -1.77. The number of nitrogens with two attached hydrogens (primary N) is 2. The monoisotopic (exact) mass is 463 g/mol. The van der Waals surface area contributed by atoms with E-state index in [1.165, 1.54) is 11.8 Å². The number of thioether (sulfide) groups is 1. The summed E-state index contributed by atoms with van der Waals surface area (Å²) in [6.07, 6.45) is 3.08. The van der Waals surface area contributed by atoms with Gasteiger partial charge in [-0.15, -0.1) is 0 Å². The first-order valence-electron chi connectivity index (χ1n) is 9.89. The number of hydrogen-bond donors (Lipinski definition) is 7. The van der Waals surface area contributed by atoms with Crippen molar-refractivity contribution in [3.63, 3.8) is 0 Å². The van der Waals surface area contributed by atoms with Gasteiger partial charge in [-0.3, -0.25) is 19.2 Å². The Morgan fingerprint density at radius 1 is 0.935 bits per heavy atom. The summed E-state index contributed by atoms with van der Waals surface area (Å²) in [5, 5.41) is 25.1. The second kappa shape index (κ2) is 16.3. The van der Waals surface area contributed by atoms with E-state index in [0.717, 1.165) is 6.42 Å². The number of carbonyl (C=O) groups is 5. The van der Waals surface area contributed by atoms with E-state index in [1.54, 1.807) is 6.26 Å². The summed E-state index contributed by atoms with van der Waals surface area (Å²) in [6.45, 7) is 0.0195. The maximum absolute atomic E-state index is 12.5. The van der Waals surface area contributed by atoms with Gasteiger partial charge in [-0.1, -0.05) is 6.42 Å². The first-order valence-corrected chi connectivity index (χ1v) is 11.3. The Balaban J connectivity index is 4.84. The van der Waals surface area contributed by atoms with Crippen molar-refractivity contribution >= 4 is 41.4 Å². The van der Waals surface area contributed by atoms with E-state index >= 15 is 0 Å². The summed E-state index contributed by atoms with van der Waals surface area (Å²) < 4.78 is 0. The van der Waals surface area contributed by atoms with Crippen molar-refractivity contribution in [2.24, 2.45) is 11.5 Å². The van der Waals surface area contributed by atoms with Crippen LogP contribution in [-0.4, -0.2) is 83.1 Å². The van der Waals surface area contributed by atoms with Crippen LogP contribution in [0.3, 0.4) is 0 Å². The van der Waals surface area contributed by atoms with E-state index < -0.39 is 60.8 Å². The Hall–Kier alpha value is -2.38. The van der Waals surface area contributed by atoms with E-state index in [1.807, 2.05) is 0 Å². The van der Waals surface area contributed by atoms with Crippen molar-refractivity contribution in [1.29, 1.82) is 0 Å². The average Bonchev–Trinajstić information content (AvgIpc) is 2.71. The van der Waals surface area contributed by atoms with Gasteiger partial charge in [0.05, 0.1) is 12.6 Å². The van der Waals surface area contributed by atoms with Crippen LogP contribution in [0.5, 0.6) is 0 Å². The van der Waals surface area contributed by atoms with E-state index in [9.17, 15) is 29.1 Å². The molecule has 0 aromatic heterocycles. The third-order valence-electron chi connectivity index (χ3n) is 4.25. The quantitative estimate of drug-likeness (QED) is 0.120. The molecule has 178 valence electrons. The minimum absolute atomic E-state index is 0.167. The molecular formula is C18H33N5O7S. The first kappa shape index (κ1) is 28.6. The molecule has 13 heteroatoms. The number of rotatable bonds is 17. The summed E-state index contributed by atoms with van der Waals surface area (Å²) in [5.41, 5.74) is 11.1. The maximum atomic E-state index is 12.5. The van der Waals surface area contributed by atoms with Crippen molar-refractivity contribution < 1.29 is 34.2 Å². The molecule has 0 saturated heterocycles. The molecular weight excluding hydrogens is 430 g/mol. The number of unbranched alkanes of at least 4 members (excludes halogenated alkanes) is 1. The van der Waals surface area contributed by atoms with E-state index in [4.69, 9.17) is 16.6 Å². The van der Waals surface area contributed by atoms with Crippen LogP contribution in [0.2, 0.25) is 0 Å². The van der Waals surface area contributed by atoms with Crippen molar-refractivity contribution in [3.8, 4) is 0 Å². The van der Waals surface area contributed by atoms with Gasteiger partial charge in [0.25, 0.3) is 0 Å². The molecule has 0 aliphatic rings. The fraction of sp³-hybridized carbons (Fsp3) is 0.722. The van der Waals surface area contributed by atoms with Gasteiger partial charge >= 0.3 is 11.9 Å². The smallest absolute Gasteiger partial charge is 0.326 e. The molecule has 0 spiro atoms. The van der Waals surface area contributed by atoms with Crippen LogP contribution in [0.25, 0.3) is 0 Å². The highest BCUT2D eigenvalue weighted by Gasteiger charge is 2.27. The highest BCUT2D eigenvalue weighted by molar-refractivity contribution is 7.98. The summed E-state index contributed by atoms with van der Waals surface area (Å²) in [6, 6.07) is -3.25. The Morgan fingerprint density at radius 3 is 2.16 bits per heavy atom. The molecule has 0 aliphatic heterocycles. The van der Waals surface area contributed by atoms with Crippen LogP contribution in [0.1, 0.15) is 38.5 Å². The van der Waals surface area contributed by atoms with Crippen molar-refractivity contribution in [2.75, 3.05) is 25.1 Å². The zero-order valence-electron chi connectivity index (χ0n) is 17.6.